The van der Waals surface area contributed by atoms with E-state index in [0.29, 0.717) is 12.2 Å². The lowest BCUT2D eigenvalue weighted by atomic mass is 10.2. The van der Waals surface area contributed by atoms with E-state index in [2.05, 4.69) is 27.6 Å². The van der Waals surface area contributed by atoms with E-state index in [1.54, 1.807) is 11.8 Å². The van der Waals surface area contributed by atoms with E-state index < -0.39 is 0 Å². The summed E-state index contributed by atoms with van der Waals surface area (Å²) in [6.45, 7) is 0. The van der Waals surface area contributed by atoms with E-state index >= 15 is 0 Å². The molecule has 0 aliphatic rings. The number of rotatable bonds is 7. The number of thioether (sulfide) groups is 1. The molecule has 2 aromatic carbocycles. The third-order valence-corrected chi connectivity index (χ3v) is 4.97. The molecule has 136 valence electrons. The summed E-state index contributed by atoms with van der Waals surface area (Å²) in [5.74, 6) is 1.43. The molecule has 0 spiro atoms. The Morgan fingerprint density at radius 2 is 1.81 bits per heavy atom. The molecular formula is C20H17N3O3S. The van der Waals surface area contributed by atoms with Gasteiger partial charge in [0.15, 0.2) is 5.76 Å². The van der Waals surface area contributed by atoms with Gasteiger partial charge in [-0.05, 0) is 36.4 Å². The van der Waals surface area contributed by atoms with E-state index in [9.17, 15) is 4.79 Å². The summed E-state index contributed by atoms with van der Waals surface area (Å²) < 4.78 is 11.2. The van der Waals surface area contributed by atoms with Crippen molar-refractivity contribution >= 4 is 34.7 Å². The van der Waals surface area contributed by atoms with Crippen LogP contribution in [0.15, 0.2) is 74.4 Å². The van der Waals surface area contributed by atoms with Crippen LogP contribution in [0.4, 0.5) is 6.01 Å². The zero-order valence-corrected chi connectivity index (χ0v) is 15.2. The van der Waals surface area contributed by atoms with Crippen molar-refractivity contribution in [3.05, 3.63) is 60.7 Å². The molecule has 1 amide bonds. The number of para-hydroxylation sites is 1. The van der Waals surface area contributed by atoms with Crippen molar-refractivity contribution in [3.8, 4) is 11.7 Å². The van der Waals surface area contributed by atoms with Gasteiger partial charge in [0.25, 0.3) is 5.89 Å². The van der Waals surface area contributed by atoms with Crippen LogP contribution >= 0.6 is 11.8 Å². The van der Waals surface area contributed by atoms with Gasteiger partial charge in [-0.25, -0.2) is 0 Å². The van der Waals surface area contributed by atoms with Gasteiger partial charge in [-0.3, -0.25) is 10.1 Å². The average Bonchev–Trinajstić information content (AvgIpc) is 3.32. The second kappa shape index (κ2) is 8.09. The number of nitrogens with zero attached hydrogens (tertiary/aromatic N) is 2. The molecule has 0 saturated carbocycles. The van der Waals surface area contributed by atoms with Gasteiger partial charge in [-0.15, -0.1) is 16.9 Å². The molecule has 0 saturated heterocycles. The van der Waals surface area contributed by atoms with Crippen LogP contribution in [0.5, 0.6) is 0 Å². The van der Waals surface area contributed by atoms with Gasteiger partial charge in [0.05, 0.1) is 0 Å². The molecule has 2 aromatic heterocycles. The largest absolute Gasteiger partial charge is 0.451 e. The average molecular weight is 379 g/mol. The monoisotopic (exact) mass is 379 g/mol. The number of nitrogens with one attached hydrogen (secondary N) is 1. The van der Waals surface area contributed by atoms with Crippen molar-refractivity contribution in [2.45, 2.75) is 17.7 Å². The van der Waals surface area contributed by atoms with Gasteiger partial charge in [0, 0.05) is 16.7 Å². The Labute approximate surface area is 160 Å². The van der Waals surface area contributed by atoms with Crippen molar-refractivity contribution < 1.29 is 13.6 Å². The molecule has 0 aliphatic heterocycles. The number of hydrogen-bond donors (Lipinski definition) is 1. The van der Waals surface area contributed by atoms with Crippen LogP contribution in [0.2, 0.25) is 0 Å². The Kier molecular flexibility index (Phi) is 5.20. The van der Waals surface area contributed by atoms with Crippen molar-refractivity contribution in [2.75, 3.05) is 11.1 Å². The minimum Gasteiger partial charge on any atom is -0.451 e. The van der Waals surface area contributed by atoms with E-state index in [-0.39, 0.29) is 17.8 Å². The normalized spacial score (nSPS) is 11.0. The summed E-state index contributed by atoms with van der Waals surface area (Å²) in [6, 6.07) is 19.6. The SMILES string of the molecule is O=C(CCCSc1ccccc1)Nc1nnc(-c2cc3ccccc3o2)o1. The van der Waals surface area contributed by atoms with E-state index in [0.717, 1.165) is 23.1 Å². The fourth-order valence-corrected chi connectivity index (χ4v) is 3.46. The third kappa shape index (κ3) is 4.38. The van der Waals surface area contributed by atoms with Crippen LogP contribution in [0, 0.1) is 0 Å². The molecule has 6 nitrogen and oxygen atoms in total. The molecule has 2 heterocycles. The van der Waals surface area contributed by atoms with Crippen LogP contribution in [0.25, 0.3) is 22.6 Å². The number of fused-ring (bicyclic) bond motifs is 1. The molecular weight excluding hydrogens is 362 g/mol. The summed E-state index contributed by atoms with van der Waals surface area (Å²) in [5.41, 5.74) is 0.743. The molecule has 0 bridgehead atoms. The Hall–Kier alpha value is -3.06. The maximum absolute atomic E-state index is 12.0. The van der Waals surface area contributed by atoms with Crippen molar-refractivity contribution in [1.29, 1.82) is 0 Å². The highest BCUT2D eigenvalue weighted by Crippen LogP contribution is 2.27. The minimum absolute atomic E-state index is 0.0752. The second-order valence-corrected chi connectivity index (χ2v) is 7.04. The number of furan rings is 1. The van der Waals surface area contributed by atoms with Crippen LogP contribution in [0.1, 0.15) is 12.8 Å². The van der Waals surface area contributed by atoms with Gasteiger partial charge in [0.1, 0.15) is 5.58 Å². The zero-order valence-electron chi connectivity index (χ0n) is 14.4. The first-order valence-corrected chi connectivity index (χ1v) is 9.57. The van der Waals surface area contributed by atoms with Gasteiger partial charge in [0.2, 0.25) is 5.91 Å². The Balaban J connectivity index is 1.29. The highest BCUT2D eigenvalue weighted by atomic mass is 32.2. The number of hydrogen-bond acceptors (Lipinski definition) is 6. The first-order valence-electron chi connectivity index (χ1n) is 8.58. The maximum atomic E-state index is 12.0. The molecule has 1 N–H and O–H groups in total. The molecule has 7 heteroatoms. The predicted octanol–water partition coefficient (Wildman–Crippen LogP) is 4.99. The number of carbonyl (C=O) groups excluding carboxylic acids is 1. The van der Waals surface area contributed by atoms with Gasteiger partial charge in [-0.2, -0.15) is 0 Å². The summed E-state index contributed by atoms with van der Waals surface area (Å²) >= 11 is 1.73. The summed E-state index contributed by atoms with van der Waals surface area (Å²) in [4.78, 5) is 13.2. The highest BCUT2D eigenvalue weighted by molar-refractivity contribution is 7.99. The second-order valence-electron chi connectivity index (χ2n) is 5.87. The van der Waals surface area contributed by atoms with Gasteiger partial charge < -0.3 is 8.83 Å². The first-order chi connectivity index (χ1) is 13.3. The molecule has 0 fully saturated rings. The van der Waals surface area contributed by atoms with Gasteiger partial charge >= 0.3 is 6.01 Å². The third-order valence-electron chi connectivity index (χ3n) is 3.87. The van der Waals surface area contributed by atoms with Crippen LogP contribution in [-0.2, 0) is 4.79 Å². The predicted molar refractivity (Wildman–Crippen MR) is 105 cm³/mol. The minimum atomic E-state index is -0.150. The lowest BCUT2D eigenvalue weighted by Crippen LogP contribution is -2.11. The quantitative estimate of drug-likeness (QED) is 0.360. The van der Waals surface area contributed by atoms with E-state index in [1.807, 2.05) is 48.5 Å². The number of aromatic nitrogens is 2. The highest BCUT2D eigenvalue weighted by Gasteiger charge is 2.15. The molecule has 4 rings (SSSR count). The lowest BCUT2D eigenvalue weighted by molar-refractivity contribution is -0.116. The van der Waals surface area contributed by atoms with E-state index in [1.165, 1.54) is 4.90 Å². The molecule has 0 aliphatic carbocycles. The summed E-state index contributed by atoms with van der Waals surface area (Å²) in [7, 11) is 0. The maximum Gasteiger partial charge on any atom is 0.322 e. The van der Waals surface area contributed by atoms with Crippen molar-refractivity contribution in [2.24, 2.45) is 0 Å². The Morgan fingerprint density at radius 3 is 2.67 bits per heavy atom. The topological polar surface area (TPSA) is 81.2 Å². The summed E-state index contributed by atoms with van der Waals surface area (Å²) in [5, 5.41) is 11.4. The summed E-state index contributed by atoms with van der Waals surface area (Å²) in [6.07, 6.45) is 1.15. The van der Waals surface area contributed by atoms with Crippen LogP contribution < -0.4 is 5.32 Å². The number of benzene rings is 2. The van der Waals surface area contributed by atoms with Crippen LogP contribution in [0.3, 0.4) is 0 Å². The standard InChI is InChI=1S/C20H17N3O3S/c24-18(11-6-12-27-15-8-2-1-3-9-15)21-20-23-22-19(26-20)17-13-14-7-4-5-10-16(14)25-17/h1-5,7-10,13H,6,11-12H2,(H,21,23,24). The zero-order chi connectivity index (χ0) is 18.5. The number of carbonyl (C=O) groups is 1. The van der Waals surface area contributed by atoms with Crippen molar-refractivity contribution in [1.82, 2.24) is 10.2 Å². The lowest BCUT2D eigenvalue weighted by Gasteiger charge is -2.01. The molecule has 27 heavy (non-hydrogen) atoms. The van der Waals surface area contributed by atoms with Gasteiger partial charge in [-0.1, -0.05) is 41.5 Å². The molecule has 0 radical (unpaired) electrons. The molecule has 4 aromatic rings. The molecule has 0 atom stereocenters. The molecule has 0 unspecified atom stereocenters. The first kappa shape index (κ1) is 17.4. The number of amides is 1. The van der Waals surface area contributed by atoms with Crippen LogP contribution in [-0.4, -0.2) is 21.9 Å². The number of anilines is 1. The smallest absolute Gasteiger partial charge is 0.322 e. The Bertz CT molecular complexity index is 1010. The Morgan fingerprint density at radius 1 is 1.00 bits per heavy atom. The van der Waals surface area contributed by atoms with E-state index in [4.69, 9.17) is 8.83 Å². The fourth-order valence-electron chi connectivity index (χ4n) is 2.58. The van der Waals surface area contributed by atoms with Crippen molar-refractivity contribution in [3.63, 3.8) is 0 Å². The fraction of sp³-hybridized carbons (Fsp3) is 0.150.